The van der Waals surface area contributed by atoms with Gasteiger partial charge in [-0.2, -0.15) is 0 Å². The van der Waals surface area contributed by atoms with E-state index < -0.39 is 0 Å². The highest BCUT2D eigenvalue weighted by Crippen LogP contribution is 2.41. The topological polar surface area (TPSA) is 50.9 Å². The van der Waals surface area contributed by atoms with E-state index in [4.69, 9.17) is 4.98 Å². The highest BCUT2D eigenvalue weighted by molar-refractivity contribution is 5.79. The Morgan fingerprint density at radius 2 is 2.05 bits per heavy atom. The van der Waals surface area contributed by atoms with E-state index >= 15 is 0 Å². The second-order valence-electron chi connectivity index (χ2n) is 5.33. The van der Waals surface area contributed by atoms with Crippen LogP contribution in [0, 0.1) is 6.92 Å². The first-order valence-corrected chi connectivity index (χ1v) is 6.87. The molecule has 1 aromatic carbocycles. The molecule has 4 rings (SSSR count). The van der Waals surface area contributed by atoms with Crippen LogP contribution >= 0.6 is 0 Å². The monoisotopic (exact) mass is 265 g/mol. The number of hydrogen-bond donors (Lipinski definition) is 1. The van der Waals surface area contributed by atoms with Crippen LogP contribution < -0.4 is 0 Å². The van der Waals surface area contributed by atoms with Gasteiger partial charge in [0, 0.05) is 23.4 Å². The molecule has 20 heavy (non-hydrogen) atoms. The number of aromatic nitrogens is 3. The van der Waals surface area contributed by atoms with E-state index in [0.29, 0.717) is 11.8 Å². The maximum Gasteiger partial charge on any atom is 0.160 e. The quantitative estimate of drug-likeness (QED) is 0.772. The van der Waals surface area contributed by atoms with Gasteiger partial charge in [0.25, 0.3) is 0 Å². The van der Waals surface area contributed by atoms with Crippen molar-refractivity contribution in [3.05, 3.63) is 42.1 Å². The van der Waals surface area contributed by atoms with E-state index in [-0.39, 0.29) is 0 Å². The van der Waals surface area contributed by atoms with Crippen LogP contribution in [0.5, 0.6) is 5.75 Å². The van der Waals surface area contributed by atoms with Crippen LogP contribution in [0.2, 0.25) is 0 Å². The minimum absolute atomic E-state index is 0.310. The van der Waals surface area contributed by atoms with Gasteiger partial charge in [-0.3, -0.25) is 0 Å². The highest BCUT2D eigenvalue weighted by Gasteiger charge is 2.29. The minimum Gasteiger partial charge on any atom is -0.508 e. The van der Waals surface area contributed by atoms with Crippen LogP contribution in [0.15, 0.2) is 36.5 Å². The normalized spacial score (nSPS) is 14.8. The average Bonchev–Trinajstić information content (AvgIpc) is 3.22. The van der Waals surface area contributed by atoms with Crippen molar-refractivity contribution >= 4 is 11.2 Å². The number of hydrogen-bond acceptors (Lipinski definition) is 3. The lowest BCUT2D eigenvalue weighted by Gasteiger charge is -2.10. The molecule has 1 fully saturated rings. The summed E-state index contributed by atoms with van der Waals surface area (Å²) in [5.41, 5.74) is 3.70. The highest BCUT2D eigenvalue weighted by atomic mass is 16.3. The molecule has 4 nitrogen and oxygen atoms in total. The standard InChI is InChI=1S/C16H15N3O/c1-10-12(4-2-6-14(10)20)15-18-13-5-3-9-17-16(13)19(15)11-7-8-11/h2-6,9,11,20H,7-8H2,1H3. The van der Waals surface area contributed by atoms with Crippen molar-refractivity contribution < 1.29 is 5.11 Å². The van der Waals surface area contributed by atoms with Gasteiger partial charge >= 0.3 is 0 Å². The molecule has 100 valence electrons. The Hall–Kier alpha value is -2.36. The predicted molar refractivity (Wildman–Crippen MR) is 77.6 cm³/mol. The number of benzene rings is 1. The molecule has 0 unspecified atom stereocenters. The zero-order chi connectivity index (χ0) is 13.7. The van der Waals surface area contributed by atoms with E-state index in [2.05, 4.69) is 9.55 Å². The van der Waals surface area contributed by atoms with Crippen LogP contribution in [0.1, 0.15) is 24.4 Å². The Labute approximate surface area is 116 Å². The molecule has 1 saturated carbocycles. The molecule has 0 atom stereocenters. The number of nitrogens with zero attached hydrogens (tertiary/aromatic N) is 3. The fourth-order valence-corrected chi connectivity index (χ4v) is 2.66. The molecular weight excluding hydrogens is 250 g/mol. The van der Waals surface area contributed by atoms with Crippen molar-refractivity contribution in [2.24, 2.45) is 0 Å². The number of phenolic OH excluding ortho intramolecular Hbond substituents is 1. The molecule has 0 bridgehead atoms. The number of rotatable bonds is 2. The van der Waals surface area contributed by atoms with Gasteiger partial charge in [0.15, 0.2) is 5.65 Å². The third-order valence-corrected chi connectivity index (χ3v) is 3.91. The number of aromatic hydroxyl groups is 1. The molecule has 1 N–H and O–H groups in total. The minimum atomic E-state index is 0.310. The van der Waals surface area contributed by atoms with Crippen molar-refractivity contribution in [1.82, 2.24) is 14.5 Å². The molecule has 4 heteroatoms. The zero-order valence-corrected chi connectivity index (χ0v) is 11.2. The first-order valence-electron chi connectivity index (χ1n) is 6.87. The van der Waals surface area contributed by atoms with Gasteiger partial charge in [0.2, 0.25) is 0 Å². The summed E-state index contributed by atoms with van der Waals surface area (Å²) in [6.07, 6.45) is 4.15. The Balaban J connectivity index is 2.04. The second kappa shape index (κ2) is 4.07. The van der Waals surface area contributed by atoms with E-state index in [1.807, 2.05) is 37.4 Å². The van der Waals surface area contributed by atoms with E-state index in [1.165, 1.54) is 12.8 Å². The number of phenols is 1. The third-order valence-electron chi connectivity index (χ3n) is 3.91. The summed E-state index contributed by atoms with van der Waals surface area (Å²) in [6, 6.07) is 9.97. The average molecular weight is 265 g/mol. The molecule has 2 heterocycles. The molecule has 0 aliphatic heterocycles. The van der Waals surface area contributed by atoms with Gasteiger partial charge in [-0.15, -0.1) is 0 Å². The van der Waals surface area contributed by atoms with Crippen molar-refractivity contribution in [1.29, 1.82) is 0 Å². The summed E-state index contributed by atoms with van der Waals surface area (Å²) < 4.78 is 2.22. The Kier molecular flexibility index (Phi) is 2.33. The van der Waals surface area contributed by atoms with Gasteiger partial charge < -0.3 is 9.67 Å². The lowest BCUT2D eigenvalue weighted by atomic mass is 10.1. The number of pyridine rings is 1. The van der Waals surface area contributed by atoms with Crippen LogP contribution in [-0.4, -0.2) is 19.6 Å². The van der Waals surface area contributed by atoms with E-state index in [1.54, 1.807) is 6.07 Å². The van der Waals surface area contributed by atoms with Crippen molar-refractivity contribution in [2.45, 2.75) is 25.8 Å². The molecule has 0 radical (unpaired) electrons. The second-order valence-corrected chi connectivity index (χ2v) is 5.33. The van der Waals surface area contributed by atoms with Gasteiger partial charge in [-0.25, -0.2) is 9.97 Å². The molecule has 0 spiro atoms. The third kappa shape index (κ3) is 1.61. The Morgan fingerprint density at radius 1 is 1.20 bits per heavy atom. The lowest BCUT2D eigenvalue weighted by molar-refractivity contribution is 0.471. The maximum absolute atomic E-state index is 9.93. The van der Waals surface area contributed by atoms with E-state index in [9.17, 15) is 5.11 Å². The van der Waals surface area contributed by atoms with E-state index in [0.717, 1.165) is 28.1 Å². The Bertz CT molecular complexity index is 803. The summed E-state index contributed by atoms with van der Waals surface area (Å²) in [4.78, 5) is 9.21. The summed E-state index contributed by atoms with van der Waals surface area (Å²) in [5, 5.41) is 9.93. The van der Waals surface area contributed by atoms with Crippen LogP contribution in [0.3, 0.4) is 0 Å². The van der Waals surface area contributed by atoms with Crippen molar-refractivity contribution in [3.63, 3.8) is 0 Å². The smallest absolute Gasteiger partial charge is 0.160 e. The zero-order valence-electron chi connectivity index (χ0n) is 11.2. The fourth-order valence-electron chi connectivity index (χ4n) is 2.66. The van der Waals surface area contributed by atoms with Gasteiger partial charge in [0.1, 0.15) is 17.1 Å². The first kappa shape index (κ1) is 11.5. The van der Waals surface area contributed by atoms with Crippen molar-refractivity contribution in [3.8, 4) is 17.1 Å². The van der Waals surface area contributed by atoms with Gasteiger partial charge in [0.05, 0.1) is 0 Å². The van der Waals surface area contributed by atoms with Crippen LogP contribution in [-0.2, 0) is 0 Å². The molecule has 0 saturated heterocycles. The molecule has 2 aromatic heterocycles. The fraction of sp³-hybridized carbons (Fsp3) is 0.250. The number of fused-ring (bicyclic) bond motifs is 1. The van der Waals surface area contributed by atoms with Gasteiger partial charge in [-0.05, 0) is 38.0 Å². The molecular formula is C16H15N3O. The van der Waals surface area contributed by atoms with Crippen LogP contribution in [0.25, 0.3) is 22.6 Å². The first-order chi connectivity index (χ1) is 9.75. The van der Waals surface area contributed by atoms with Crippen LogP contribution in [0.4, 0.5) is 0 Å². The van der Waals surface area contributed by atoms with Gasteiger partial charge in [-0.1, -0.05) is 12.1 Å². The lowest BCUT2D eigenvalue weighted by Crippen LogP contribution is -1.99. The SMILES string of the molecule is Cc1c(O)cccc1-c1nc2cccnc2n1C1CC1. The maximum atomic E-state index is 9.93. The molecule has 1 aliphatic carbocycles. The summed E-state index contributed by atoms with van der Waals surface area (Å²) >= 11 is 0. The Morgan fingerprint density at radius 3 is 2.85 bits per heavy atom. The summed E-state index contributed by atoms with van der Waals surface area (Å²) in [6.45, 7) is 1.93. The number of imidazole rings is 1. The van der Waals surface area contributed by atoms with Crippen molar-refractivity contribution in [2.75, 3.05) is 0 Å². The predicted octanol–water partition coefficient (Wildman–Crippen LogP) is 3.45. The summed E-state index contributed by atoms with van der Waals surface area (Å²) in [5.74, 6) is 1.22. The largest absolute Gasteiger partial charge is 0.508 e. The summed E-state index contributed by atoms with van der Waals surface area (Å²) in [7, 11) is 0. The molecule has 3 aromatic rings. The molecule has 1 aliphatic rings. The molecule has 0 amide bonds.